The quantitative estimate of drug-likeness (QED) is 0.565. The van der Waals surface area contributed by atoms with Crippen molar-refractivity contribution < 1.29 is 9.21 Å². The van der Waals surface area contributed by atoms with Gasteiger partial charge in [-0.2, -0.15) is 15.1 Å². The standard InChI is InChI=1S/C20H16Cl2N4O2S/c1-2-3-4-17-25-26-18(23)14(19(27)24-20(26)29-17)10-12-6-8-16(28-12)13-9-11(21)5-7-15(13)22/h5-10,23H,2-4H2,1H3/b14-10-,23-18?. The number of furan rings is 1. The van der Waals surface area contributed by atoms with Crippen LogP contribution in [0.3, 0.4) is 0 Å². The fourth-order valence-corrected chi connectivity index (χ4v) is 4.17. The minimum Gasteiger partial charge on any atom is -0.457 e. The minimum absolute atomic E-state index is 0.0160. The van der Waals surface area contributed by atoms with Gasteiger partial charge in [0.2, 0.25) is 5.17 Å². The molecule has 6 nitrogen and oxygen atoms in total. The van der Waals surface area contributed by atoms with E-state index in [1.807, 2.05) is 0 Å². The summed E-state index contributed by atoms with van der Waals surface area (Å²) in [6, 6.07) is 8.53. The number of hydrogen-bond donors (Lipinski definition) is 1. The molecule has 1 aromatic carbocycles. The summed E-state index contributed by atoms with van der Waals surface area (Å²) >= 11 is 13.6. The van der Waals surface area contributed by atoms with Gasteiger partial charge in [-0.3, -0.25) is 10.2 Å². The highest BCUT2D eigenvalue weighted by atomic mass is 35.5. The first kappa shape index (κ1) is 19.9. The molecular weight excluding hydrogens is 431 g/mol. The fourth-order valence-electron chi connectivity index (χ4n) is 2.86. The molecule has 0 spiro atoms. The number of hydrogen-bond acceptors (Lipinski definition) is 5. The molecule has 0 aliphatic carbocycles. The largest absolute Gasteiger partial charge is 0.457 e. The maximum Gasteiger partial charge on any atom is 0.283 e. The molecule has 1 N–H and O–H groups in total. The Bertz CT molecular complexity index is 1100. The van der Waals surface area contributed by atoms with Gasteiger partial charge in [0.1, 0.15) is 16.6 Å². The van der Waals surface area contributed by atoms with Crippen LogP contribution in [0.2, 0.25) is 10.0 Å². The topological polar surface area (TPSA) is 82.0 Å². The van der Waals surface area contributed by atoms with Gasteiger partial charge in [-0.1, -0.05) is 36.5 Å². The van der Waals surface area contributed by atoms with Crippen LogP contribution in [-0.4, -0.2) is 27.0 Å². The molecule has 0 saturated carbocycles. The third-order valence-corrected chi connectivity index (χ3v) is 5.88. The number of amides is 1. The Labute approximate surface area is 181 Å². The summed E-state index contributed by atoms with van der Waals surface area (Å²) in [5.41, 5.74) is 0.767. The van der Waals surface area contributed by atoms with E-state index in [1.165, 1.54) is 22.8 Å². The van der Waals surface area contributed by atoms with Crippen LogP contribution >= 0.6 is 35.0 Å². The predicted molar refractivity (Wildman–Crippen MR) is 119 cm³/mol. The van der Waals surface area contributed by atoms with E-state index in [4.69, 9.17) is 33.0 Å². The molecule has 29 heavy (non-hydrogen) atoms. The van der Waals surface area contributed by atoms with Gasteiger partial charge in [0.15, 0.2) is 5.84 Å². The van der Waals surface area contributed by atoms with E-state index in [0.29, 0.717) is 32.3 Å². The first-order valence-corrected chi connectivity index (χ1v) is 10.6. The lowest BCUT2D eigenvalue weighted by Crippen LogP contribution is -2.35. The number of rotatable bonds is 5. The zero-order valence-corrected chi connectivity index (χ0v) is 17.7. The molecule has 0 radical (unpaired) electrons. The summed E-state index contributed by atoms with van der Waals surface area (Å²) in [7, 11) is 0. The van der Waals surface area contributed by atoms with Crippen molar-refractivity contribution in [3.63, 3.8) is 0 Å². The van der Waals surface area contributed by atoms with Gasteiger partial charge in [0, 0.05) is 10.6 Å². The molecule has 0 fully saturated rings. The number of amidine groups is 2. The van der Waals surface area contributed by atoms with Crippen LogP contribution in [0, 0.1) is 5.41 Å². The summed E-state index contributed by atoms with van der Waals surface area (Å²) in [6.45, 7) is 2.10. The van der Waals surface area contributed by atoms with Gasteiger partial charge in [-0.15, -0.1) is 0 Å². The molecule has 0 saturated heterocycles. The van der Waals surface area contributed by atoms with E-state index in [1.54, 1.807) is 30.3 Å². The van der Waals surface area contributed by atoms with E-state index < -0.39 is 5.91 Å². The van der Waals surface area contributed by atoms with Crippen LogP contribution < -0.4 is 0 Å². The lowest BCUT2D eigenvalue weighted by Gasteiger charge is -2.19. The summed E-state index contributed by atoms with van der Waals surface area (Å²) in [5, 5.41) is 16.6. The normalized spacial score (nSPS) is 17.6. The average molecular weight is 447 g/mol. The molecule has 1 aromatic heterocycles. The smallest absolute Gasteiger partial charge is 0.283 e. The second kappa shape index (κ2) is 8.18. The van der Waals surface area contributed by atoms with Crippen molar-refractivity contribution in [3.8, 4) is 11.3 Å². The number of nitrogens with one attached hydrogen (secondary N) is 1. The highest BCUT2D eigenvalue weighted by molar-refractivity contribution is 8.26. The summed E-state index contributed by atoms with van der Waals surface area (Å²) < 4.78 is 5.81. The molecule has 2 aromatic rings. The maximum atomic E-state index is 12.5. The zero-order valence-electron chi connectivity index (χ0n) is 15.4. The zero-order chi connectivity index (χ0) is 20.5. The van der Waals surface area contributed by atoms with E-state index in [-0.39, 0.29) is 11.4 Å². The Morgan fingerprint density at radius 1 is 1.28 bits per heavy atom. The van der Waals surface area contributed by atoms with Crippen molar-refractivity contribution in [1.82, 2.24) is 5.01 Å². The third-order valence-electron chi connectivity index (χ3n) is 4.35. The van der Waals surface area contributed by atoms with E-state index in [2.05, 4.69) is 17.0 Å². The third kappa shape index (κ3) is 4.03. The molecule has 3 heterocycles. The van der Waals surface area contributed by atoms with E-state index in [9.17, 15) is 4.79 Å². The summed E-state index contributed by atoms with van der Waals surface area (Å²) in [5.74, 6) is 0.418. The first-order chi connectivity index (χ1) is 14.0. The lowest BCUT2D eigenvalue weighted by molar-refractivity contribution is -0.114. The van der Waals surface area contributed by atoms with Gasteiger partial charge < -0.3 is 4.42 Å². The predicted octanol–water partition coefficient (Wildman–Crippen LogP) is 6.06. The summed E-state index contributed by atoms with van der Waals surface area (Å²) in [4.78, 5) is 16.6. The average Bonchev–Trinajstić information content (AvgIpc) is 3.32. The Hall–Kier alpha value is -2.35. The Morgan fingerprint density at radius 2 is 2.10 bits per heavy atom. The number of nitrogens with zero attached hydrogens (tertiary/aromatic N) is 3. The second-order valence-corrected chi connectivity index (χ2v) is 8.33. The molecule has 1 amide bonds. The van der Waals surface area contributed by atoms with Crippen molar-refractivity contribution in [3.05, 3.63) is 51.7 Å². The van der Waals surface area contributed by atoms with Gasteiger partial charge in [0.05, 0.1) is 10.6 Å². The number of aliphatic imine (C=N–C) groups is 1. The number of carbonyl (C=O) groups excluding carboxylic acids is 1. The number of benzene rings is 1. The van der Waals surface area contributed by atoms with Crippen LogP contribution in [0.25, 0.3) is 17.4 Å². The lowest BCUT2D eigenvalue weighted by atomic mass is 10.1. The molecule has 2 aliphatic rings. The van der Waals surface area contributed by atoms with Crippen LogP contribution in [0.5, 0.6) is 0 Å². The monoisotopic (exact) mass is 446 g/mol. The van der Waals surface area contributed by atoms with Crippen molar-refractivity contribution in [2.75, 3.05) is 0 Å². The Morgan fingerprint density at radius 3 is 2.90 bits per heavy atom. The van der Waals surface area contributed by atoms with Gasteiger partial charge in [-0.05, 0) is 61.0 Å². The molecule has 2 aliphatic heterocycles. The highest BCUT2D eigenvalue weighted by Gasteiger charge is 2.35. The Kier molecular flexibility index (Phi) is 5.63. The number of thioether (sulfide) groups is 1. The van der Waals surface area contributed by atoms with Crippen LogP contribution in [-0.2, 0) is 4.79 Å². The van der Waals surface area contributed by atoms with Crippen LogP contribution in [0.4, 0.5) is 0 Å². The molecule has 0 bridgehead atoms. The number of carbonyl (C=O) groups is 1. The number of unbranched alkanes of at least 4 members (excludes halogenated alkanes) is 1. The van der Waals surface area contributed by atoms with Crippen LogP contribution in [0.1, 0.15) is 31.9 Å². The second-order valence-electron chi connectivity index (χ2n) is 6.44. The van der Waals surface area contributed by atoms with Crippen molar-refractivity contribution in [1.29, 1.82) is 5.41 Å². The fraction of sp³-hybridized carbons (Fsp3) is 0.200. The molecule has 4 rings (SSSR count). The molecule has 9 heteroatoms. The molecule has 0 atom stereocenters. The minimum atomic E-state index is -0.487. The van der Waals surface area contributed by atoms with Gasteiger partial charge in [-0.25, -0.2) is 0 Å². The SMILES string of the molecule is CCCCC1=NN2C(=N)/C(=C/c3ccc(-c4cc(Cl)ccc4Cl)o3)C(=O)N=C2S1. The highest BCUT2D eigenvalue weighted by Crippen LogP contribution is 2.33. The first-order valence-electron chi connectivity index (χ1n) is 9.00. The number of halogens is 2. The van der Waals surface area contributed by atoms with Crippen molar-refractivity contribution >= 4 is 63.0 Å². The van der Waals surface area contributed by atoms with Crippen molar-refractivity contribution in [2.45, 2.75) is 26.2 Å². The van der Waals surface area contributed by atoms with E-state index >= 15 is 0 Å². The maximum absolute atomic E-state index is 12.5. The van der Waals surface area contributed by atoms with Crippen molar-refractivity contribution in [2.24, 2.45) is 10.1 Å². The Balaban J connectivity index is 1.62. The van der Waals surface area contributed by atoms with Gasteiger partial charge >= 0.3 is 0 Å². The molecule has 148 valence electrons. The van der Waals surface area contributed by atoms with Crippen LogP contribution in [0.15, 0.2) is 50.4 Å². The molecular formula is C20H16Cl2N4O2S. The molecule has 0 unspecified atom stereocenters. The number of hydrazone groups is 1. The summed E-state index contributed by atoms with van der Waals surface area (Å²) in [6.07, 6.45) is 4.35. The van der Waals surface area contributed by atoms with E-state index in [0.717, 1.165) is 24.3 Å². The number of fused-ring (bicyclic) bond motifs is 1. The van der Waals surface area contributed by atoms with Gasteiger partial charge in [0.25, 0.3) is 5.91 Å².